The van der Waals surface area contributed by atoms with Crippen molar-refractivity contribution in [3.05, 3.63) is 17.6 Å². The highest BCUT2D eigenvalue weighted by Gasteiger charge is 2.31. The third-order valence-electron chi connectivity index (χ3n) is 3.73. The van der Waals surface area contributed by atoms with Crippen LogP contribution in [0.2, 0.25) is 0 Å². The zero-order valence-corrected chi connectivity index (χ0v) is 13.4. The van der Waals surface area contributed by atoms with E-state index < -0.39 is 0 Å². The van der Waals surface area contributed by atoms with Gasteiger partial charge in [-0.05, 0) is 33.1 Å². The Bertz CT molecular complexity index is 502. The van der Waals surface area contributed by atoms with Crippen molar-refractivity contribution in [1.82, 2.24) is 9.97 Å². The molecule has 21 heavy (non-hydrogen) atoms. The molecule has 0 amide bonds. The Balaban J connectivity index is 2.30. The summed E-state index contributed by atoms with van der Waals surface area (Å²) in [5.41, 5.74) is 0.942. The Hall–Kier alpha value is -1.65. The van der Waals surface area contributed by atoms with Gasteiger partial charge in [0.05, 0.1) is 6.61 Å². The molecule has 0 saturated carbocycles. The van der Waals surface area contributed by atoms with E-state index in [4.69, 9.17) is 4.74 Å². The fourth-order valence-electron chi connectivity index (χ4n) is 2.67. The highest BCUT2D eigenvalue weighted by atomic mass is 16.5. The van der Waals surface area contributed by atoms with Crippen LogP contribution >= 0.6 is 0 Å². The van der Waals surface area contributed by atoms with Crippen molar-refractivity contribution in [2.45, 2.75) is 58.9 Å². The van der Waals surface area contributed by atoms with Gasteiger partial charge in [-0.1, -0.05) is 13.8 Å². The zero-order valence-electron chi connectivity index (χ0n) is 13.4. The summed E-state index contributed by atoms with van der Waals surface area (Å²) in [7, 11) is 0. The third-order valence-corrected chi connectivity index (χ3v) is 3.73. The molecule has 1 aromatic heterocycles. The first-order chi connectivity index (χ1) is 10.0. The molecule has 2 heterocycles. The van der Waals surface area contributed by atoms with Gasteiger partial charge in [-0.15, -0.1) is 0 Å². The standard InChI is InChI=1S/C16H25N3O2/c1-5-21-16(20)13-8-6-7-9-19(13)14-10-12(4)17-15(18-14)11(2)3/h10-11,13H,5-9H2,1-4H3. The topological polar surface area (TPSA) is 55.3 Å². The number of carbonyl (C=O) groups is 1. The predicted molar refractivity (Wildman–Crippen MR) is 82.5 cm³/mol. The van der Waals surface area contributed by atoms with E-state index in [0.29, 0.717) is 6.61 Å². The van der Waals surface area contributed by atoms with E-state index in [1.54, 1.807) is 0 Å². The van der Waals surface area contributed by atoms with Gasteiger partial charge in [0.1, 0.15) is 17.7 Å². The van der Waals surface area contributed by atoms with Gasteiger partial charge < -0.3 is 9.64 Å². The highest BCUT2D eigenvalue weighted by molar-refractivity contribution is 5.80. The second-order valence-corrected chi connectivity index (χ2v) is 5.84. The zero-order chi connectivity index (χ0) is 15.4. The van der Waals surface area contributed by atoms with Gasteiger partial charge in [0.25, 0.3) is 0 Å². The van der Waals surface area contributed by atoms with Crippen LogP contribution in [0.25, 0.3) is 0 Å². The van der Waals surface area contributed by atoms with E-state index in [0.717, 1.165) is 43.1 Å². The van der Waals surface area contributed by atoms with Crippen LogP contribution < -0.4 is 4.90 Å². The van der Waals surface area contributed by atoms with Crippen LogP contribution in [0.5, 0.6) is 0 Å². The SMILES string of the molecule is CCOC(=O)C1CCCCN1c1cc(C)nc(C(C)C)n1. The Morgan fingerprint density at radius 2 is 2.19 bits per heavy atom. The van der Waals surface area contributed by atoms with E-state index in [2.05, 4.69) is 28.7 Å². The monoisotopic (exact) mass is 291 g/mol. The molecule has 1 unspecified atom stereocenters. The van der Waals surface area contributed by atoms with Crippen LogP contribution in [0.1, 0.15) is 57.5 Å². The maximum Gasteiger partial charge on any atom is 0.328 e. The van der Waals surface area contributed by atoms with E-state index in [-0.39, 0.29) is 17.9 Å². The van der Waals surface area contributed by atoms with Gasteiger partial charge in [0, 0.05) is 24.2 Å². The van der Waals surface area contributed by atoms with Gasteiger partial charge in [0.2, 0.25) is 0 Å². The maximum atomic E-state index is 12.2. The van der Waals surface area contributed by atoms with E-state index >= 15 is 0 Å². The number of rotatable bonds is 4. The van der Waals surface area contributed by atoms with Gasteiger partial charge >= 0.3 is 5.97 Å². The van der Waals surface area contributed by atoms with Crippen molar-refractivity contribution < 1.29 is 9.53 Å². The summed E-state index contributed by atoms with van der Waals surface area (Å²) in [6.07, 6.45) is 2.97. The molecule has 1 aliphatic heterocycles. The molecule has 5 nitrogen and oxygen atoms in total. The van der Waals surface area contributed by atoms with Crippen LogP contribution in [0.4, 0.5) is 5.82 Å². The Kier molecular flexibility index (Phi) is 5.15. The van der Waals surface area contributed by atoms with Gasteiger partial charge in [-0.25, -0.2) is 14.8 Å². The molecular formula is C16H25N3O2. The summed E-state index contributed by atoms with van der Waals surface area (Å²) in [5, 5.41) is 0. The number of carbonyl (C=O) groups excluding carboxylic acids is 1. The number of nitrogens with zero attached hydrogens (tertiary/aromatic N) is 3. The summed E-state index contributed by atoms with van der Waals surface area (Å²) < 4.78 is 5.22. The molecule has 1 saturated heterocycles. The lowest BCUT2D eigenvalue weighted by Crippen LogP contribution is -2.46. The van der Waals surface area contributed by atoms with Crippen molar-refractivity contribution in [3.63, 3.8) is 0 Å². The second-order valence-electron chi connectivity index (χ2n) is 5.84. The molecule has 0 N–H and O–H groups in total. The first-order valence-corrected chi connectivity index (χ1v) is 7.81. The van der Waals surface area contributed by atoms with Crippen LogP contribution in [0, 0.1) is 6.92 Å². The number of hydrogen-bond donors (Lipinski definition) is 0. The molecular weight excluding hydrogens is 266 g/mol. The lowest BCUT2D eigenvalue weighted by Gasteiger charge is -2.35. The van der Waals surface area contributed by atoms with E-state index in [9.17, 15) is 4.79 Å². The molecule has 116 valence electrons. The van der Waals surface area contributed by atoms with Crippen molar-refractivity contribution in [3.8, 4) is 0 Å². The molecule has 1 aliphatic rings. The Morgan fingerprint density at radius 3 is 2.86 bits per heavy atom. The van der Waals surface area contributed by atoms with Crippen LogP contribution in [-0.2, 0) is 9.53 Å². The number of esters is 1. The lowest BCUT2D eigenvalue weighted by molar-refractivity contribution is -0.145. The smallest absolute Gasteiger partial charge is 0.328 e. The number of aromatic nitrogens is 2. The average molecular weight is 291 g/mol. The van der Waals surface area contributed by atoms with Crippen molar-refractivity contribution in [2.24, 2.45) is 0 Å². The van der Waals surface area contributed by atoms with Crippen molar-refractivity contribution >= 4 is 11.8 Å². The molecule has 1 atom stereocenters. The minimum atomic E-state index is -0.215. The molecule has 0 radical (unpaired) electrons. The maximum absolute atomic E-state index is 12.2. The van der Waals surface area contributed by atoms with Crippen LogP contribution in [0.3, 0.4) is 0 Å². The fraction of sp³-hybridized carbons (Fsp3) is 0.688. The molecule has 5 heteroatoms. The Morgan fingerprint density at radius 1 is 1.43 bits per heavy atom. The summed E-state index contributed by atoms with van der Waals surface area (Å²) >= 11 is 0. The fourth-order valence-corrected chi connectivity index (χ4v) is 2.67. The molecule has 0 bridgehead atoms. The molecule has 1 aromatic rings. The molecule has 0 aliphatic carbocycles. The third kappa shape index (κ3) is 3.71. The molecule has 0 spiro atoms. The van der Waals surface area contributed by atoms with Crippen molar-refractivity contribution in [2.75, 3.05) is 18.1 Å². The first-order valence-electron chi connectivity index (χ1n) is 7.81. The highest BCUT2D eigenvalue weighted by Crippen LogP contribution is 2.25. The summed E-state index contributed by atoms with van der Waals surface area (Å²) in [4.78, 5) is 23.4. The molecule has 1 fully saturated rings. The lowest BCUT2D eigenvalue weighted by atomic mass is 10.0. The minimum absolute atomic E-state index is 0.139. The summed E-state index contributed by atoms with van der Waals surface area (Å²) in [6.45, 7) is 9.24. The largest absolute Gasteiger partial charge is 0.464 e. The number of ether oxygens (including phenoxy) is 1. The quantitative estimate of drug-likeness (QED) is 0.798. The number of piperidine rings is 1. The van der Waals surface area contributed by atoms with E-state index in [1.165, 1.54) is 0 Å². The number of aryl methyl sites for hydroxylation is 1. The number of anilines is 1. The normalized spacial score (nSPS) is 18.9. The average Bonchev–Trinajstić information content (AvgIpc) is 2.46. The second kappa shape index (κ2) is 6.87. The number of hydrogen-bond acceptors (Lipinski definition) is 5. The predicted octanol–water partition coefficient (Wildman–Crippen LogP) is 2.83. The van der Waals surface area contributed by atoms with Crippen LogP contribution in [-0.4, -0.2) is 35.1 Å². The minimum Gasteiger partial charge on any atom is -0.464 e. The van der Waals surface area contributed by atoms with Gasteiger partial charge in [0.15, 0.2) is 0 Å². The molecule has 0 aromatic carbocycles. The first kappa shape index (κ1) is 15.7. The summed E-state index contributed by atoms with van der Waals surface area (Å²) in [6, 6.07) is 1.75. The van der Waals surface area contributed by atoms with E-state index in [1.807, 2.05) is 19.9 Å². The Labute approximate surface area is 126 Å². The molecule has 2 rings (SSSR count). The van der Waals surface area contributed by atoms with Gasteiger partial charge in [-0.2, -0.15) is 0 Å². The van der Waals surface area contributed by atoms with Gasteiger partial charge in [-0.3, -0.25) is 0 Å². The summed E-state index contributed by atoms with van der Waals surface area (Å²) in [5.74, 6) is 1.82. The van der Waals surface area contributed by atoms with Crippen molar-refractivity contribution in [1.29, 1.82) is 0 Å². The van der Waals surface area contributed by atoms with Crippen LogP contribution in [0.15, 0.2) is 6.07 Å².